The molecule has 0 bridgehead atoms. The summed E-state index contributed by atoms with van der Waals surface area (Å²) < 4.78 is 6.52. The Kier molecular flexibility index (Phi) is 9.52. The van der Waals surface area contributed by atoms with Crippen LogP contribution >= 0.6 is 0 Å². The van der Waals surface area contributed by atoms with Crippen molar-refractivity contribution >= 4 is 6.08 Å². The van der Waals surface area contributed by atoms with Gasteiger partial charge in [0.05, 0.1) is 0 Å². The highest BCUT2D eigenvalue weighted by molar-refractivity contribution is 5.71. The molecule has 1 unspecified atom stereocenters. The summed E-state index contributed by atoms with van der Waals surface area (Å²) >= 11 is 0. The van der Waals surface area contributed by atoms with E-state index in [4.69, 9.17) is 4.74 Å². The highest BCUT2D eigenvalue weighted by atomic mass is 16.5. The van der Waals surface area contributed by atoms with Gasteiger partial charge in [-0.25, -0.2) is 0 Å². The number of fused-ring (bicyclic) bond motifs is 1. The first kappa shape index (κ1) is 25.8. The smallest absolute Gasteiger partial charge is 0.131 e. The molecule has 2 heteroatoms. The van der Waals surface area contributed by atoms with E-state index >= 15 is 0 Å². The van der Waals surface area contributed by atoms with Crippen molar-refractivity contribution in [2.24, 2.45) is 17.8 Å². The summed E-state index contributed by atoms with van der Waals surface area (Å²) in [5, 5.41) is 10.4. The van der Waals surface area contributed by atoms with Crippen LogP contribution in [0.4, 0.5) is 0 Å². The maximum atomic E-state index is 10.4. The number of rotatable bonds is 12. The lowest BCUT2D eigenvalue weighted by Crippen LogP contribution is -2.32. The molecule has 1 N–H and O–H groups in total. The Bertz CT molecular complexity index is 746. The molecule has 31 heavy (non-hydrogen) atoms. The molecule has 0 saturated heterocycles. The van der Waals surface area contributed by atoms with Crippen LogP contribution in [0.5, 0.6) is 11.5 Å². The largest absolute Gasteiger partial charge is 0.507 e. The van der Waals surface area contributed by atoms with E-state index in [0.29, 0.717) is 5.75 Å². The van der Waals surface area contributed by atoms with Gasteiger partial charge in [0.1, 0.15) is 17.1 Å². The minimum absolute atomic E-state index is 0.252. The average Bonchev–Trinajstić information content (AvgIpc) is 2.70. The lowest BCUT2D eigenvalue weighted by Gasteiger charge is -2.34. The Balaban J connectivity index is 1.76. The molecule has 0 aromatic heterocycles. The monoisotopic (exact) mass is 428 g/mol. The second kappa shape index (κ2) is 11.4. The van der Waals surface area contributed by atoms with Crippen LogP contribution in [-0.2, 0) is 0 Å². The molecule has 176 valence electrons. The molecule has 0 radical (unpaired) electrons. The van der Waals surface area contributed by atoms with Crippen LogP contribution < -0.4 is 4.74 Å². The van der Waals surface area contributed by atoms with E-state index in [-0.39, 0.29) is 5.60 Å². The van der Waals surface area contributed by atoms with Crippen molar-refractivity contribution in [1.82, 2.24) is 0 Å². The van der Waals surface area contributed by atoms with Crippen molar-refractivity contribution in [2.45, 2.75) is 119 Å². The summed E-state index contributed by atoms with van der Waals surface area (Å²) in [5.74, 6) is 3.86. The molecule has 0 aliphatic carbocycles. The first-order valence-electron chi connectivity index (χ1n) is 12.7. The van der Waals surface area contributed by atoms with E-state index in [0.717, 1.165) is 52.2 Å². The zero-order chi connectivity index (χ0) is 23.2. The summed E-state index contributed by atoms with van der Waals surface area (Å²) in [6.45, 7) is 17.7. The minimum atomic E-state index is -0.252. The van der Waals surface area contributed by atoms with Gasteiger partial charge < -0.3 is 9.84 Å². The highest BCUT2D eigenvalue weighted by Gasteiger charge is 2.30. The number of aromatic hydroxyl groups is 1. The van der Waals surface area contributed by atoms with Crippen LogP contribution in [-0.4, -0.2) is 10.7 Å². The zero-order valence-corrected chi connectivity index (χ0v) is 21.6. The first-order valence-corrected chi connectivity index (χ1v) is 12.7. The molecule has 1 aromatic rings. The molecule has 1 aliphatic rings. The summed E-state index contributed by atoms with van der Waals surface area (Å²) in [5.41, 5.74) is 3.70. The molecule has 0 spiro atoms. The molecule has 1 aliphatic heterocycles. The predicted octanol–water partition coefficient (Wildman–Crippen LogP) is 8.92. The normalized spacial score (nSPS) is 19.9. The first-order chi connectivity index (χ1) is 14.5. The van der Waals surface area contributed by atoms with Crippen LogP contribution in [0.25, 0.3) is 6.08 Å². The third-order valence-corrected chi connectivity index (χ3v) is 7.44. The lowest BCUT2D eigenvalue weighted by atomic mass is 9.88. The molecular weight excluding hydrogens is 380 g/mol. The predicted molar refractivity (Wildman–Crippen MR) is 135 cm³/mol. The summed E-state index contributed by atoms with van der Waals surface area (Å²) in [6, 6.07) is 0. The molecule has 3 atom stereocenters. The Morgan fingerprint density at radius 2 is 1.35 bits per heavy atom. The average molecular weight is 429 g/mol. The topological polar surface area (TPSA) is 29.5 Å². The van der Waals surface area contributed by atoms with E-state index in [9.17, 15) is 5.11 Å². The Hall–Kier alpha value is -1.44. The van der Waals surface area contributed by atoms with Crippen LogP contribution in [0.1, 0.15) is 115 Å². The van der Waals surface area contributed by atoms with Crippen molar-refractivity contribution in [1.29, 1.82) is 0 Å². The number of phenols is 1. The van der Waals surface area contributed by atoms with Crippen molar-refractivity contribution in [2.75, 3.05) is 0 Å². The number of hydrogen-bond acceptors (Lipinski definition) is 2. The summed E-state index contributed by atoms with van der Waals surface area (Å²) in [4.78, 5) is 0. The van der Waals surface area contributed by atoms with Gasteiger partial charge in [0.2, 0.25) is 0 Å². The fraction of sp³-hybridized carbons (Fsp3) is 0.724. The minimum Gasteiger partial charge on any atom is -0.507 e. The number of hydrogen-bond donors (Lipinski definition) is 1. The number of ether oxygens (including phenoxy) is 1. The molecule has 0 amide bonds. The Morgan fingerprint density at radius 1 is 0.806 bits per heavy atom. The number of benzene rings is 1. The van der Waals surface area contributed by atoms with Gasteiger partial charge in [-0.05, 0) is 75.5 Å². The third-order valence-electron chi connectivity index (χ3n) is 7.44. The van der Waals surface area contributed by atoms with Gasteiger partial charge in [0, 0.05) is 11.1 Å². The van der Waals surface area contributed by atoms with Crippen molar-refractivity contribution in [3.05, 3.63) is 28.3 Å². The van der Waals surface area contributed by atoms with Gasteiger partial charge in [0.15, 0.2) is 0 Å². The van der Waals surface area contributed by atoms with Crippen LogP contribution in [0.2, 0.25) is 0 Å². The maximum absolute atomic E-state index is 10.4. The van der Waals surface area contributed by atoms with E-state index in [1.807, 2.05) is 13.8 Å². The van der Waals surface area contributed by atoms with Gasteiger partial charge >= 0.3 is 0 Å². The van der Waals surface area contributed by atoms with Crippen molar-refractivity contribution in [3.8, 4) is 11.5 Å². The SMILES string of the molecule is Cc1c(C)c2c(c(C)c1O)C=CC(C)(CCC[C@H](C)CCC[C@H](C)CCCC(C)C)O2. The molecule has 0 saturated carbocycles. The quantitative estimate of drug-likeness (QED) is 0.360. The van der Waals surface area contributed by atoms with Gasteiger partial charge in [-0.3, -0.25) is 0 Å². The van der Waals surface area contributed by atoms with Crippen LogP contribution in [0.15, 0.2) is 6.08 Å². The van der Waals surface area contributed by atoms with E-state index in [1.165, 1.54) is 51.4 Å². The van der Waals surface area contributed by atoms with E-state index in [1.54, 1.807) is 0 Å². The second-order valence-corrected chi connectivity index (χ2v) is 11.1. The summed E-state index contributed by atoms with van der Waals surface area (Å²) in [7, 11) is 0. The molecule has 2 rings (SSSR count). The lowest BCUT2D eigenvalue weighted by molar-refractivity contribution is 0.121. The second-order valence-electron chi connectivity index (χ2n) is 11.1. The zero-order valence-electron chi connectivity index (χ0n) is 21.6. The molecule has 1 aromatic carbocycles. The molecule has 2 nitrogen and oxygen atoms in total. The fourth-order valence-corrected chi connectivity index (χ4v) is 4.90. The van der Waals surface area contributed by atoms with E-state index in [2.05, 4.69) is 53.7 Å². The maximum Gasteiger partial charge on any atom is 0.131 e. The Morgan fingerprint density at radius 3 is 1.94 bits per heavy atom. The molecule has 0 fully saturated rings. The molecular formula is C29H48O2. The van der Waals surface area contributed by atoms with Gasteiger partial charge in [-0.15, -0.1) is 0 Å². The number of phenolic OH excluding ortho intramolecular Hbond substituents is 1. The fourth-order valence-electron chi connectivity index (χ4n) is 4.90. The van der Waals surface area contributed by atoms with Crippen molar-refractivity contribution < 1.29 is 9.84 Å². The highest BCUT2D eigenvalue weighted by Crippen LogP contribution is 2.43. The van der Waals surface area contributed by atoms with Gasteiger partial charge in [0.25, 0.3) is 0 Å². The summed E-state index contributed by atoms with van der Waals surface area (Å²) in [6.07, 6.45) is 16.1. The van der Waals surface area contributed by atoms with Gasteiger partial charge in [-0.2, -0.15) is 0 Å². The molecule has 1 heterocycles. The standard InChI is InChI=1S/C29H48O2/c1-20(2)12-9-13-21(3)14-10-15-22(4)16-11-18-29(8)19-17-26-25(7)27(30)23(5)24(6)28(26)31-29/h17,19-22,30H,9-16,18H2,1-8H3/t21-,22-,29?/m1/s1. The van der Waals surface area contributed by atoms with Crippen molar-refractivity contribution in [3.63, 3.8) is 0 Å². The van der Waals surface area contributed by atoms with Crippen LogP contribution in [0, 0.1) is 38.5 Å². The van der Waals surface area contributed by atoms with E-state index < -0.39 is 0 Å². The Labute approximate surface area is 192 Å². The third kappa shape index (κ3) is 7.29. The van der Waals surface area contributed by atoms with Gasteiger partial charge in [-0.1, -0.05) is 78.7 Å². The van der Waals surface area contributed by atoms with Crippen LogP contribution in [0.3, 0.4) is 0 Å².